The number of hydrogen-bond donors (Lipinski definition) is 0. The van der Waals surface area contributed by atoms with Crippen LogP contribution in [0, 0.1) is 17.8 Å². The molecular weight excluding hydrogens is 448 g/mol. The Morgan fingerprint density at radius 2 is 0.944 bits per heavy atom. The summed E-state index contributed by atoms with van der Waals surface area (Å²) in [6.45, 7) is 7.83. The van der Waals surface area contributed by atoms with E-state index in [0.717, 1.165) is 57.3 Å². The largest absolute Gasteiger partial charge is 0.465 e. The van der Waals surface area contributed by atoms with Gasteiger partial charge in [0.05, 0.1) is 25.0 Å². The van der Waals surface area contributed by atoms with Crippen LogP contribution in [-0.2, 0) is 19.1 Å². The van der Waals surface area contributed by atoms with E-state index in [1.54, 1.807) is 0 Å². The number of carbonyl (C=O) groups excluding carboxylic acids is 2. The lowest BCUT2D eigenvalue weighted by Crippen LogP contribution is -2.35. The second-order valence-corrected chi connectivity index (χ2v) is 11.7. The van der Waals surface area contributed by atoms with Crippen LogP contribution in [0.4, 0.5) is 0 Å². The minimum Gasteiger partial charge on any atom is -0.465 e. The van der Waals surface area contributed by atoms with Crippen molar-refractivity contribution in [2.24, 2.45) is 17.8 Å². The Labute approximate surface area is 224 Å². The van der Waals surface area contributed by atoms with Gasteiger partial charge in [0.15, 0.2) is 0 Å². The maximum Gasteiger partial charge on any atom is 0.309 e. The molecule has 0 heterocycles. The van der Waals surface area contributed by atoms with E-state index in [-0.39, 0.29) is 23.8 Å². The summed E-state index contributed by atoms with van der Waals surface area (Å²) in [4.78, 5) is 25.4. The maximum absolute atomic E-state index is 12.7. The van der Waals surface area contributed by atoms with Gasteiger partial charge in [-0.25, -0.2) is 0 Å². The van der Waals surface area contributed by atoms with Crippen molar-refractivity contribution >= 4 is 11.9 Å². The van der Waals surface area contributed by atoms with Crippen LogP contribution in [0.25, 0.3) is 0 Å². The number of carbonyl (C=O) groups is 2. The Bertz CT molecular complexity index is 530. The first-order valence-electron chi connectivity index (χ1n) is 15.9. The summed E-state index contributed by atoms with van der Waals surface area (Å²) >= 11 is 0. The van der Waals surface area contributed by atoms with E-state index in [2.05, 4.69) is 20.8 Å². The average Bonchev–Trinajstić information content (AvgIpc) is 2.87. The van der Waals surface area contributed by atoms with Gasteiger partial charge in [0.2, 0.25) is 0 Å². The van der Waals surface area contributed by atoms with Crippen molar-refractivity contribution in [1.82, 2.24) is 0 Å². The molecule has 0 aliphatic heterocycles. The van der Waals surface area contributed by atoms with Crippen molar-refractivity contribution in [3.63, 3.8) is 0 Å². The standard InChI is InChI=1S/C32H60O4/c1-4-5-6-7-8-10-13-16-21-26-35-31(33)29-24-19-20-25-30(29)32(34)36-27-22-17-14-11-9-12-15-18-23-28(2)3/h28-30H,4-27H2,1-3H3. The van der Waals surface area contributed by atoms with Crippen LogP contribution in [0.15, 0.2) is 0 Å². The third-order valence-electron chi connectivity index (χ3n) is 7.78. The molecule has 1 aliphatic carbocycles. The van der Waals surface area contributed by atoms with Gasteiger partial charge in [-0.1, -0.05) is 136 Å². The van der Waals surface area contributed by atoms with Crippen molar-refractivity contribution in [2.75, 3.05) is 13.2 Å². The molecule has 4 heteroatoms. The summed E-state index contributed by atoms with van der Waals surface area (Å²) in [5, 5.41) is 0. The molecule has 0 radical (unpaired) electrons. The fourth-order valence-electron chi connectivity index (χ4n) is 5.38. The predicted octanol–water partition coefficient (Wildman–Crippen LogP) is 9.58. The van der Waals surface area contributed by atoms with Crippen molar-refractivity contribution in [3.05, 3.63) is 0 Å². The zero-order valence-corrected chi connectivity index (χ0v) is 24.3. The second-order valence-electron chi connectivity index (χ2n) is 11.7. The molecule has 36 heavy (non-hydrogen) atoms. The van der Waals surface area contributed by atoms with E-state index < -0.39 is 0 Å². The summed E-state index contributed by atoms with van der Waals surface area (Å²) < 4.78 is 11.2. The normalized spacial score (nSPS) is 17.9. The highest BCUT2D eigenvalue weighted by Gasteiger charge is 2.37. The minimum atomic E-state index is -0.305. The molecule has 1 fully saturated rings. The van der Waals surface area contributed by atoms with E-state index in [1.807, 2.05) is 0 Å². The molecule has 0 aromatic carbocycles. The third kappa shape index (κ3) is 17.4. The Hall–Kier alpha value is -1.06. The van der Waals surface area contributed by atoms with Gasteiger partial charge in [-0.3, -0.25) is 9.59 Å². The molecule has 0 N–H and O–H groups in total. The van der Waals surface area contributed by atoms with Crippen LogP contribution in [0.1, 0.15) is 162 Å². The lowest BCUT2D eigenvalue weighted by Gasteiger charge is -2.28. The zero-order chi connectivity index (χ0) is 26.3. The van der Waals surface area contributed by atoms with Crippen LogP contribution < -0.4 is 0 Å². The van der Waals surface area contributed by atoms with E-state index in [9.17, 15) is 9.59 Å². The summed E-state index contributed by atoms with van der Waals surface area (Å²) in [6.07, 6.45) is 26.0. The lowest BCUT2D eigenvalue weighted by atomic mass is 9.79. The molecule has 2 unspecified atom stereocenters. The van der Waals surface area contributed by atoms with E-state index in [4.69, 9.17) is 9.47 Å². The summed E-state index contributed by atoms with van der Waals surface area (Å²) in [6, 6.07) is 0. The van der Waals surface area contributed by atoms with Gasteiger partial charge in [-0.2, -0.15) is 0 Å². The topological polar surface area (TPSA) is 52.6 Å². The molecule has 0 spiro atoms. The first kappa shape index (κ1) is 33.0. The van der Waals surface area contributed by atoms with Crippen LogP contribution in [0.5, 0.6) is 0 Å². The van der Waals surface area contributed by atoms with Crippen molar-refractivity contribution in [3.8, 4) is 0 Å². The molecule has 1 rings (SSSR count). The predicted molar refractivity (Wildman–Crippen MR) is 151 cm³/mol. The van der Waals surface area contributed by atoms with Crippen LogP contribution in [0.3, 0.4) is 0 Å². The van der Waals surface area contributed by atoms with Crippen molar-refractivity contribution in [2.45, 2.75) is 162 Å². The van der Waals surface area contributed by atoms with Gasteiger partial charge in [0, 0.05) is 0 Å². The molecule has 212 valence electrons. The van der Waals surface area contributed by atoms with E-state index in [0.29, 0.717) is 13.2 Å². The molecule has 0 saturated heterocycles. The number of rotatable bonds is 23. The lowest BCUT2D eigenvalue weighted by molar-refractivity contribution is -0.163. The van der Waals surface area contributed by atoms with E-state index in [1.165, 1.54) is 89.9 Å². The smallest absolute Gasteiger partial charge is 0.309 e. The molecule has 4 nitrogen and oxygen atoms in total. The molecule has 1 aliphatic rings. The van der Waals surface area contributed by atoms with Gasteiger partial charge >= 0.3 is 11.9 Å². The Kier molecular flexibility index (Phi) is 21.1. The summed E-state index contributed by atoms with van der Waals surface area (Å²) in [5.41, 5.74) is 0. The van der Waals surface area contributed by atoms with Crippen molar-refractivity contribution < 1.29 is 19.1 Å². The molecular formula is C32H60O4. The highest BCUT2D eigenvalue weighted by atomic mass is 16.5. The van der Waals surface area contributed by atoms with Crippen molar-refractivity contribution in [1.29, 1.82) is 0 Å². The molecule has 0 bridgehead atoms. The monoisotopic (exact) mass is 508 g/mol. The fraction of sp³-hybridized carbons (Fsp3) is 0.938. The maximum atomic E-state index is 12.7. The SMILES string of the molecule is CCCCCCCCCCCOC(=O)C1CCCCC1C(=O)OCCCCCCCCCCC(C)C. The summed E-state index contributed by atoms with van der Waals surface area (Å²) in [5.74, 6) is -0.137. The molecule has 1 saturated carbocycles. The third-order valence-corrected chi connectivity index (χ3v) is 7.78. The first-order valence-corrected chi connectivity index (χ1v) is 15.9. The average molecular weight is 509 g/mol. The molecule has 0 amide bonds. The molecule has 2 atom stereocenters. The molecule has 0 aromatic heterocycles. The van der Waals surface area contributed by atoms with Gasteiger partial charge in [-0.15, -0.1) is 0 Å². The zero-order valence-electron chi connectivity index (χ0n) is 24.3. The van der Waals surface area contributed by atoms with E-state index >= 15 is 0 Å². The Balaban J connectivity index is 2.09. The number of unbranched alkanes of at least 4 members (excludes halogenated alkanes) is 15. The van der Waals surface area contributed by atoms with Crippen LogP contribution in [0.2, 0.25) is 0 Å². The van der Waals surface area contributed by atoms with Gasteiger partial charge in [-0.05, 0) is 31.6 Å². The summed E-state index contributed by atoms with van der Waals surface area (Å²) in [7, 11) is 0. The number of esters is 2. The van der Waals surface area contributed by atoms with Gasteiger partial charge < -0.3 is 9.47 Å². The second kappa shape index (κ2) is 23.1. The minimum absolute atomic E-state index is 0.176. The van der Waals surface area contributed by atoms with Crippen LogP contribution >= 0.6 is 0 Å². The quantitative estimate of drug-likeness (QED) is 0.102. The Morgan fingerprint density at radius 3 is 1.33 bits per heavy atom. The van der Waals surface area contributed by atoms with Gasteiger partial charge in [0.25, 0.3) is 0 Å². The highest BCUT2D eigenvalue weighted by molar-refractivity contribution is 5.82. The van der Waals surface area contributed by atoms with Crippen LogP contribution in [-0.4, -0.2) is 25.2 Å². The fourth-order valence-corrected chi connectivity index (χ4v) is 5.38. The van der Waals surface area contributed by atoms with Gasteiger partial charge in [0.1, 0.15) is 0 Å². The first-order chi connectivity index (χ1) is 17.6. The number of hydrogen-bond acceptors (Lipinski definition) is 4. The Morgan fingerprint density at radius 1 is 0.583 bits per heavy atom. The number of ether oxygens (including phenoxy) is 2. The molecule has 0 aromatic rings. The highest BCUT2D eigenvalue weighted by Crippen LogP contribution is 2.32.